The highest BCUT2D eigenvalue weighted by Gasteiger charge is 2.13. The lowest BCUT2D eigenvalue weighted by Crippen LogP contribution is -2.22. The van der Waals surface area contributed by atoms with Crippen molar-refractivity contribution in [2.24, 2.45) is 5.73 Å². The fraction of sp³-hybridized carbons (Fsp3) is 0.211. The van der Waals surface area contributed by atoms with E-state index < -0.39 is 5.91 Å². The van der Waals surface area contributed by atoms with Crippen LogP contribution in [0.3, 0.4) is 0 Å². The third-order valence-electron chi connectivity index (χ3n) is 4.02. The minimum Gasteiger partial charge on any atom is -0.491 e. The van der Waals surface area contributed by atoms with Crippen LogP contribution in [0.4, 0.5) is 5.69 Å². The maximum Gasteiger partial charge on any atom is 0.248 e. The number of nitrogens with zero attached hydrogens (tertiary/aromatic N) is 3. The molecule has 0 atom stereocenters. The van der Waals surface area contributed by atoms with Crippen LogP contribution in [0.5, 0.6) is 5.75 Å². The number of nitrogens with two attached hydrogens (primary N) is 1. The third kappa shape index (κ3) is 5.45. The lowest BCUT2D eigenvalue weighted by Gasteiger charge is -2.14. The van der Waals surface area contributed by atoms with Crippen LogP contribution in [0.25, 0.3) is 0 Å². The number of aryl methyl sites for hydroxylation is 1. The van der Waals surface area contributed by atoms with Crippen LogP contribution in [-0.2, 0) is 17.1 Å². The van der Waals surface area contributed by atoms with Crippen molar-refractivity contribution in [3.8, 4) is 5.75 Å². The van der Waals surface area contributed by atoms with Gasteiger partial charge in [-0.1, -0.05) is 23.1 Å². The molecule has 2 aromatic heterocycles. The quantitative estimate of drug-likeness (QED) is 0.508. The van der Waals surface area contributed by atoms with Crippen LogP contribution in [0.15, 0.2) is 45.7 Å². The van der Waals surface area contributed by atoms with Gasteiger partial charge in [-0.25, -0.2) is 0 Å². The summed E-state index contributed by atoms with van der Waals surface area (Å²) in [6.07, 6.45) is 1.51. The first-order valence-corrected chi connectivity index (χ1v) is 10.6. The number of hydrogen-bond acceptors (Lipinski definition) is 8. The average molecular weight is 446 g/mol. The molecule has 30 heavy (non-hydrogen) atoms. The van der Waals surface area contributed by atoms with Gasteiger partial charge in [0, 0.05) is 28.8 Å². The number of primary amides is 1. The Kier molecular flexibility index (Phi) is 6.85. The molecule has 0 aliphatic rings. The lowest BCUT2D eigenvalue weighted by atomic mass is 10.2. The minimum atomic E-state index is -0.541. The highest BCUT2D eigenvalue weighted by molar-refractivity contribution is 8.00. The molecule has 0 spiro atoms. The van der Waals surface area contributed by atoms with E-state index in [4.69, 9.17) is 10.5 Å². The summed E-state index contributed by atoms with van der Waals surface area (Å²) in [7, 11) is 1.40. The SMILES string of the molecule is COc1cn(CC(=O)Nc2ccc(C(N)=O)cc2)c(CSc2nnc(C)s2)cc1=O. The fourth-order valence-electron chi connectivity index (χ4n) is 2.56. The third-order valence-corrected chi connectivity index (χ3v) is 6.03. The molecule has 0 unspecified atom stereocenters. The number of amides is 2. The second kappa shape index (κ2) is 9.55. The molecule has 11 heteroatoms. The minimum absolute atomic E-state index is 0.0285. The zero-order valence-electron chi connectivity index (χ0n) is 16.2. The molecule has 0 radical (unpaired) electrons. The highest BCUT2D eigenvalue weighted by atomic mass is 32.2. The van der Waals surface area contributed by atoms with Gasteiger partial charge in [-0.05, 0) is 31.2 Å². The van der Waals surface area contributed by atoms with Gasteiger partial charge in [0.15, 0.2) is 10.1 Å². The molecule has 0 fully saturated rings. The number of pyridine rings is 1. The van der Waals surface area contributed by atoms with E-state index in [2.05, 4.69) is 15.5 Å². The van der Waals surface area contributed by atoms with Crippen LogP contribution in [-0.4, -0.2) is 33.7 Å². The summed E-state index contributed by atoms with van der Waals surface area (Å²) in [6, 6.07) is 7.71. The van der Waals surface area contributed by atoms with Gasteiger partial charge in [-0.3, -0.25) is 14.4 Å². The van der Waals surface area contributed by atoms with Crippen LogP contribution < -0.4 is 21.2 Å². The molecule has 3 N–H and O–H groups in total. The Bertz CT molecular complexity index is 1120. The van der Waals surface area contributed by atoms with E-state index in [1.54, 1.807) is 16.7 Å². The summed E-state index contributed by atoms with van der Waals surface area (Å²) in [4.78, 5) is 35.9. The molecule has 0 bridgehead atoms. The van der Waals surface area contributed by atoms with Crippen molar-refractivity contribution >= 4 is 40.6 Å². The number of aromatic nitrogens is 3. The van der Waals surface area contributed by atoms with Crippen molar-refractivity contribution < 1.29 is 14.3 Å². The van der Waals surface area contributed by atoms with E-state index in [1.807, 2.05) is 6.92 Å². The van der Waals surface area contributed by atoms with Crippen molar-refractivity contribution in [2.45, 2.75) is 23.6 Å². The normalized spacial score (nSPS) is 10.6. The Labute approximate surface area is 180 Å². The average Bonchev–Trinajstić information content (AvgIpc) is 3.13. The number of thioether (sulfide) groups is 1. The molecule has 0 aliphatic carbocycles. The number of methoxy groups -OCH3 is 1. The second-order valence-corrected chi connectivity index (χ2v) is 8.59. The summed E-state index contributed by atoms with van der Waals surface area (Å²) in [6.45, 7) is 1.84. The number of ether oxygens (including phenoxy) is 1. The molecular weight excluding hydrogens is 426 g/mol. The molecule has 3 rings (SSSR count). The van der Waals surface area contributed by atoms with Crippen molar-refractivity contribution in [2.75, 3.05) is 12.4 Å². The second-order valence-electron chi connectivity index (χ2n) is 6.19. The monoisotopic (exact) mass is 445 g/mol. The van der Waals surface area contributed by atoms with E-state index in [-0.39, 0.29) is 23.6 Å². The van der Waals surface area contributed by atoms with Gasteiger partial charge in [0.05, 0.1) is 13.3 Å². The van der Waals surface area contributed by atoms with Crippen molar-refractivity contribution in [1.82, 2.24) is 14.8 Å². The van der Waals surface area contributed by atoms with E-state index in [0.717, 1.165) is 9.35 Å². The summed E-state index contributed by atoms with van der Waals surface area (Å²) in [5.74, 6) is -0.255. The first kappa shape index (κ1) is 21.5. The van der Waals surface area contributed by atoms with Crippen LogP contribution in [0.2, 0.25) is 0 Å². The Morgan fingerprint density at radius 3 is 2.60 bits per heavy atom. The zero-order valence-corrected chi connectivity index (χ0v) is 17.9. The molecule has 2 amide bonds. The summed E-state index contributed by atoms with van der Waals surface area (Å²) in [5, 5.41) is 11.6. The number of carbonyl (C=O) groups is 2. The van der Waals surface area contributed by atoms with Gasteiger partial charge in [-0.15, -0.1) is 10.2 Å². The van der Waals surface area contributed by atoms with Gasteiger partial charge in [0.1, 0.15) is 11.6 Å². The molecule has 9 nitrogen and oxygen atoms in total. The topological polar surface area (TPSA) is 129 Å². The van der Waals surface area contributed by atoms with Crippen LogP contribution in [0.1, 0.15) is 21.1 Å². The van der Waals surface area contributed by atoms with E-state index in [1.165, 1.54) is 54.6 Å². The number of nitrogens with one attached hydrogen (secondary N) is 1. The molecule has 0 saturated heterocycles. The molecule has 0 saturated carbocycles. The van der Waals surface area contributed by atoms with Crippen LogP contribution in [0, 0.1) is 6.92 Å². The summed E-state index contributed by atoms with van der Waals surface area (Å²) >= 11 is 2.89. The van der Waals surface area contributed by atoms with Gasteiger partial charge < -0.3 is 20.4 Å². The summed E-state index contributed by atoms with van der Waals surface area (Å²) in [5.41, 5.74) is 6.48. The summed E-state index contributed by atoms with van der Waals surface area (Å²) < 4.78 is 7.55. The van der Waals surface area contributed by atoms with E-state index >= 15 is 0 Å². The Hall–Kier alpha value is -3.18. The largest absolute Gasteiger partial charge is 0.491 e. The van der Waals surface area contributed by atoms with Gasteiger partial charge >= 0.3 is 0 Å². The predicted molar refractivity (Wildman–Crippen MR) is 115 cm³/mol. The van der Waals surface area contributed by atoms with Gasteiger partial charge in [0.25, 0.3) is 0 Å². The lowest BCUT2D eigenvalue weighted by molar-refractivity contribution is -0.116. The maximum absolute atomic E-state index is 12.5. The standard InChI is InChI=1S/C19H19N5O4S2/c1-11-22-23-19(30-11)29-10-14-7-15(25)16(28-2)8-24(14)9-17(26)21-13-5-3-12(4-6-13)18(20)27/h3-8H,9-10H2,1-2H3,(H2,20,27)(H,21,26). The number of benzene rings is 1. The van der Waals surface area contributed by atoms with E-state index in [9.17, 15) is 14.4 Å². The smallest absolute Gasteiger partial charge is 0.248 e. The predicted octanol–water partition coefficient (Wildman–Crippen LogP) is 2.05. The molecule has 1 aromatic carbocycles. The number of carbonyl (C=O) groups excluding carboxylic acids is 2. The highest BCUT2D eigenvalue weighted by Crippen LogP contribution is 2.25. The van der Waals surface area contributed by atoms with Gasteiger partial charge in [-0.2, -0.15) is 0 Å². The maximum atomic E-state index is 12.5. The van der Waals surface area contributed by atoms with Crippen molar-refractivity contribution in [1.29, 1.82) is 0 Å². The first-order valence-electron chi connectivity index (χ1n) is 8.75. The molecule has 156 valence electrons. The molecule has 2 heterocycles. The fourth-order valence-corrected chi connectivity index (χ4v) is 4.37. The number of hydrogen-bond donors (Lipinski definition) is 2. The van der Waals surface area contributed by atoms with Crippen molar-refractivity contribution in [3.05, 3.63) is 63.0 Å². The van der Waals surface area contributed by atoms with Gasteiger partial charge in [0.2, 0.25) is 17.2 Å². The molecule has 0 aliphatic heterocycles. The first-order chi connectivity index (χ1) is 14.4. The number of anilines is 1. The Morgan fingerprint density at radius 2 is 2.00 bits per heavy atom. The Morgan fingerprint density at radius 1 is 1.27 bits per heavy atom. The molecule has 3 aromatic rings. The zero-order chi connectivity index (χ0) is 21.7. The Balaban J connectivity index is 1.76. The molecular formula is C19H19N5O4S2. The van der Waals surface area contributed by atoms with Crippen molar-refractivity contribution in [3.63, 3.8) is 0 Å². The van der Waals surface area contributed by atoms with Crippen LogP contribution >= 0.6 is 23.1 Å². The van der Waals surface area contributed by atoms with E-state index in [0.29, 0.717) is 22.7 Å². The number of rotatable bonds is 8.